The molecule has 118 valence electrons. The minimum absolute atomic E-state index is 0.0322. The molecule has 0 unspecified atom stereocenters. The van der Waals surface area contributed by atoms with Crippen LogP contribution in [0.2, 0.25) is 0 Å². The zero-order chi connectivity index (χ0) is 15.4. The Morgan fingerprint density at radius 1 is 1.48 bits per heavy atom. The van der Waals surface area contributed by atoms with Crippen molar-refractivity contribution in [2.45, 2.75) is 51.2 Å². The van der Waals surface area contributed by atoms with Gasteiger partial charge >= 0.3 is 5.69 Å². The highest BCUT2D eigenvalue weighted by atomic mass is 32.1. The Bertz CT molecular complexity index is 483. The van der Waals surface area contributed by atoms with E-state index < -0.39 is 11.0 Å². The van der Waals surface area contributed by atoms with Crippen LogP contribution < -0.4 is 4.90 Å². The number of hydrogen-bond donors (Lipinski definition) is 2. The van der Waals surface area contributed by atoms with Gasteiger partial charge in [-0.15, -0.1) is 11.3 Å². The fourth-order valence-corrected chi connectivity index (χ4v) is 4.04. The minimum Gasteiger partial charge on any atom is -0.395 e. The summed E-state index contributed by atoms with van der Waals surface area (Å²) in [6.45, 7) is 1.97. The third kappa shape index (κ3) is 3.72. The lowest BCUT2D eigenvalue weighted by atomic mass is 9.94. The van der Waals surface area contributed by atoms with Gasteiger partial charge in [0.2, 0.25) is 0 Å². The van der Waals surface area contributed by atoms with Crippen LogP contribution in [-0.2, 0) is 0 Å². The maximum Gasteiger partial charge on any atom is 0.304 e. The van der Waals surface area contributed by atoms with Crippen molar-refractivity contribution < 1.29 is 15.1 Å². The van der Waals surface area contributed by atoms with Gasteiger partial charge in [0.25, 0.3) is 0 Å². The molecule has 1 fully saturated rings. The van der Waals surface area contributed by atoms with Crippen molar-refractivity contribution in [1.29, 1.82) is 0 Å². The van der Waals surface area contributed by atoms with Crippen molar-refractivity contribution in [2.24, 2.45) is 0 Å². The maximum atomic E-state index is 11.3. The van der Waals surface area contributed by atoms with E-state index >= 15 is 0 Å². The van der Waals surface area contributed by atoms with Gasteiger partial charge in [0.1, 0.15) is 0 Å². The summed E-state index contributed by atoms with van der Waals surface area (Å²) >= 11 is 1.26. The summed E-state index contributed by atoms with van der Waals surface area (Å²) in [5, 5.41) is 30.9. The van der Waals surface area contributed by atoms with Crippen LogP contribution in [0.3, 0.4) is 0 Å². The Morgan fingerprint density at radius 2 is 2.14 bits per heavy atom. The number of aliphatic hydroxyl groups excluding tert-OH is 2. The number of aliphatic hydroxyl groups is 2. The molecule has 1 aliphatic rings. The van der Waals surface area contributed by atoms with Crippen LogP contribution in [0, 0.1) is 10.1 Å². The van der Waals surface area contributed by atoms with Gasteiger partial charge in [0.05, 0.1) is 17.6 Å². The van der Waals surface area contributed by atoms with Crippen LogP contribution in [0.4, 0.5) is 10.7 Å². The molecule has 7 heteroatoms. The number of nitro groups is 1. The van der Waals surface area contributed by atoms with Gasteiger partial charge in [-0.3, -0.25) is 10.1 Å². The lowest BCUT2D eigenvalue weighted by molar-refractivity contribution is -0.383. The molecule has 0 saturated heterocycles. The second kappa shape index (κ2) is 7.20. The Labute approximate surface area is 128 Å². The molecule has 2 N–H and O–H groups in total. The second-order valence-corrected chi connectivity index (χ2v) is 6.54. The lowest BCUT2D eigenvalue weighted by Crippen LogP contribution is -2.38. The Morgan fingerprint density at radius 3 is 2.67 bits per heavy atom. The van der Waals surface area contributed by atoms with Gasteiger partial charge in [-0.05, 0) is 19.8 Å². The molecule has 6 nitrogen and oxygen atoms in total. The van der Waals surface area contributed by atoms with Gasteiger partial charge in [0.15, 0.2) is 5.00 Å². The Balaban J connectivity index is 2.35. The van der Waals surface area contributed by atoms with E-state index in [1.165, 1.54) is 23.8 Å². The van der Waals surface area contributed by atoms with Crippen LogP contribution in [0.25, 0.3) is 0 Å². The van der Waals surface area contributed by atoms with E-state index in [1.54, 1.807) is 6.92 Å². The van der Waals surface area contributed by atoms with E-state index in [4.69, 9.17) is 0 Å². The number of hydrogen-bond acceptors (Lipinski definition) is 6. The van der Waals surface area contributed by atoms with Crippen LogP contribution in [0.1, 0.15) is 50.0 Å². The van der Waals surface area contributed by atoms with E-state index in [0.717, 1.165) is 25.7 Å². The molecule has 2 rings (SSSR count). The highest BCUT2D eigenvalue weighted by molar-refractivity contribution is 7.16. The molecule has 1 heterocycles. The first kappa shape index (κ1) is 16.2. The molecule has 0 aliphatic heterocycles. The summed E-state index contributed by atoms with van der Waals surface area (Å²) in [5.41, 5.74) is 0.0370. The summed E-state index contributed by atoms with van der Waals surface area (Å²) in [6, 6.07) is 1.70. The molecule has 0 amide bonds. The maximum absolute atomic E-state index is 11.3. The summed E-state index contributed by atoms with van der Waals surface area (Å²) in [5.74, 6) is 0. The monoisotopic (exact) mass is 314 g/mol. The summed E-state index contributed by atoms with van der Waals surface area (Å²) in [6.07, 6.45) is 4.72. The highest BCUT2D eigenvalue weighted by Crippen LogP contribution is 2.42. The van der Waals surface area contributed by atoms with Gasteiger partial charge in [-0.2, -0.15) is 0 Å². The zero-order valence-corrected chi connectivity index (χ0v) is 13.0. The average molecular weight is 314 g/mol. The van der Waals surface area contributed by atoms with E-state index in [9.17, 15) is 20.3 Å². The molecular weight excluding hydrogens is 292 g/mol. The topological polar surface area (TPSA) is 86.8 Å². The first-order valence-electron chi connectivity index (χ1n) is 7.38. The smallest absolute Gasteiger partial charge is 0.304 e. The Kier molecular flexibility index (Phi) is 5.55. The van der Waals surface area contributed by atoms with Gasteiger partial charge in [-0.25, -0.2) is 0 Å². The van der Waals surface area contributed by atoms with E-state index in [2.05, 4.69) is 0 Å². The number of thiophene rings is 1. The standard InChI is InChI=1S/C14H22N2O4S/c1-10(18)13-9-12(16(19)20)14(21-13)15(7-8-17)11-5-3-2-4-6-11/h9-11,17-18H,2-8H2,1H3/t10-/m0/s1. The molecule has 0 spiro atoms. The van der Waals surface area contributed by atoms with E-state index in [1.807, 2.05) is 4.90 Å². The van der Waals surface area contributed by atoms with E-state index in [0.29, 0.717) is 16.4 Å². The Hall–Kier alpha value is -1.18. The van der Waals surface area contributed by atoms with Crippen molar-refractivity contribution in [3.05, 3.63) is 21.1 Å². The fraction of sp³-hybridized carbons (Fsp3) is 0.714. The van der Waals surface area contributed by atoms with Crippen molar-refractivity contribution >= 4 is 22.0 Å². The normalized spacial score (nSPS) is 17.7. The first-order chi connectivity index (χ1) is 10.0. The summed E-state index contributed by atoms with van der Waals surface area (Å²) in [4.78, 5) is 13.5. The van der Waals surface area contributed by atoms with Crippen molar-refractivity contribution in [1.82, 2.24) is 0 Å². The van der Waals surface area contributed by atoms with Gasteiger partial charge in [-0.1, -0.05) is 19.3 Å². The number of nitrogens with zero attached hydrogens (tertiary/aromatic N) is 2. The SMILES string of the molecule is C[C@H](O)c1cc([N+](=O)[O-])c(N(CCO)C2CCCCC2)s1. The van der Waals surface area contributed by atoms with Crippen LogP contribution in [0.5, 0.6) is 0 Å². The van der Waals surface area contributed by atoms with Crippen molar-refractivity contribution in [3.8, 4) is 0 Å². The summed E-state index contributed by atoms with van der Waals surface area (Å²) in [7, 11) is 0. The molecule has 1 aromatic rings. The van der Waals surface area contributed by atoms with E-state index in [-0.39, 0.29) is 18.3 Å². The van der Waals surface area contributed by atoms with Crippen molar-refractivity contribution in [2.75, 3.05) is 18.1 Å². The highest BCUT2D eigenvalue weighted by Gasteiger charge is 2.30. The molecule has 1 saturated carbocycles. The molecule has 0 radical (unpaired) electrons. The predicted octanol–water partition coefficient (Wildman–Crippen LogP) is 2.84. The molecule has 1 atom stereocenters. The fourth-order valence-electron chi connectivity index (χ4n) is 2.88. The summed E-state index contributed by atoms with van der Waals surface area (Å²) < 4.78 is 0. The third-order valence-electron chi connectivity index (χ3n) is 3.94. The first-order valence-corrected chi connectivity index (χ1v) is 8.20. The molecule has 1 aromatic heterocycles. The largest absolute Gasteiger partial charge is 0.395 e. The average Bonchev–Trinajstić information content (AvgIpc) is 2.91. The second-order valence-electron chi connectivity index (χ2n) is 5.48. The van der Waals surface area contributed by atoms with Crippen LogP contribution in [0.15, 0.2) is 6.07 Å². The lowest BCUT2D eigenvalue weighted by Gasteiger charge is -2.34. The zero-order valence-electron chi connectivity index (χ0n) is 12.2. The number of rotatable bonds is 6. The van der Waals surface area contributed by atoms with Gasteiger partial charge < -0.3 is 15.1 Å². The van der Waals surface area contributed by atoms with Crippen LogP contribution in [-0.4, -0.2) is 34.3 Å². The predicted molar refractivity (Wildman–Crippen MR) is 82.9 cm³/mol. The van der Waals surface area contributed by atoms with Crippen molar-refractivity contribution in [3.63, 3.8) is 0 Å². The third-order valence-corrected chi connectivity index (χ3v) is 5.27. The van der Waals surface area contributed by atoms with Crippen LogP contribution >= 0.6 is 11.3 Å². The number of anilines is 1. The van der Waals surface area contributed by atoms with Gasteiger partial charge in [0, 0.05) is 23.5 Å². The molecule has 0 bridgehead atoms. The molecule has 1 aliphatic carbocycles. The quantitative estimate of drug-likeness (QED) is 0.623. The molecule has 21 heavy (non-hydrogen) atoms. The molecule has 0 aromatic carbocycles. The molecular formula is C14H22N2O4S. The minimum atomic E-state index is -0.718.